The van der Waals surface area contributed by atoms with Crippen LogP contribution < -0.4 is 0 Å². The molecule has 0 aliphatic heterocycles. The van der Waals surface area contributed by atoms with Crippen LogP contribution in [0.2, 0.25) is 0 Å². The van der Waals surface area contributed by atoms with Gasteiger partial charge in [0.2, 0.25) is 0 Å². The summed E-state index contributed by atoms with van der Waals surface area (Å²) in [4.78, 5) is 10.2. The topological polar surface area (TPSA) is 50.1 Å². The molecule has 0 radical (unpaired) electrons. The summed E-state index contributed by atoms with van der Waals surface area (Å²) in [5, 5.41) is 8.11. The zero-order valence-electron chi connectivity index (χ0n) is 6.18. The molecule has 0 saturated carbocycles. The molecule has 0 heterocycles. The van der Waals surface area contributed by atoms with E-state index in [0.717, 1.165) is 6.92 Å². The monoisotopic (exact) mass is 181 g/mol. The normalized spacial score (nSPS) is 13.2. The number of carbonyl (C=O) groups is 1. The Labute approximate surface area is 66.7 Å². The van der Waals surface area contributed by atoms with E-state index >= 15 is 0 Å². The van der Waals surface area contributed by atoms with Crippen molar-refractivity contribution in [3.05, 3.63) is 0 Å². The van der Waals surface area contributed by atoms with Gasteiger partial charge in [-0.2, -0.15) is 18.4 Å². The number of alkyl halides is 3. The molecule has 0 N–H and O–H groups in total. The van der Waals surface area contributed by atoms with Crippen molar-refractivity contribution in [2.45, 2.75) is 25.6 Å². The largest absolute Gasteiger partial charge is 0.447 e. The van der Waals surface area contributed by atoms with Crippen molar-refractivity contribution in [2.24, 2.45) is 0 Å². The number of esters is 1. The van der Waals surface area contributed by atoms with Gasteiger partial charge in [0.05, 0.1) is 6.42 Å². The summed E-state index contributed by atoms with van der Waals surface area (Å²) in [5.74, 6) is -0.897. The Balaban J connectivity index is 4.03. The molecule has 0 aromatic rings. The zero-order valence-corrected chi connectivity index (χ0v) is 6.18. The van der Waals surface area contributed by atoms with Crippen LogP contribution in [0.4, 0.5) is 13.2 Å². The number of ether oxygens (including phenoxy) is 1. The minimum absolute atomic E-state index is 0.897. The van der Waals surface area contributed by atoms with Crippen molar-refractivity contribution >= 4 is 5.97 Å². The predicted molar refractivity (Wildman–Crippen MR) is 31.8 cm³/mol. The smallest absolute Gasteiger partial charge is 0.393 e. The first kappa shape index (κ1) is 10.8. The number of hydrogen-bond acceptors (Lipinski definition) is 3. The molecular weight excluding hydrogens is 175 g/mol. The fraction of sp³-hybridized carbons (Fsp3) is 0.667. The Hall–Kier alpha value is -1.25. The van der Waals surface area contributed by atoms with Crippen LogP contribution in [-0.2, 0) is 9.53 Å². The second-order valence-corrected chi connectivity index (χ2v) is 2.05. The molecule has 12 heavy (non-hydrogen) atoms. The lowest BCUT2D eigenvalue weighted by molar-refractivity contribution is -0.164. The Morgan fingerprint density at radius 1 is 1.67 bits per heavy atom. The van der Waals surface area contributed by atoms with E-state index in [0.29, 0.717) is 0 Å². The van der Waals surface area contributed by atoms with E-state index in [1.807, 2.05) is 0 Å². The molecule has 0 fully saturated rings. The van der Waals surface area contributed by atoms with Gasteiger partial charge in [-0.15, -0.1) is 0 Å². The van der Waals surface area contributed by atoms with Crippen molar-refractivity contribution in [3.8, 4) is 6.07 Å². The molecule has 0 spiro atoms. The van der Waals surface area contributed by atoms with Gasteiger partial charge in [0.15, 0.2) is 6.10 Å². The minimum atomic E-state index is -4.49. The van der Waals surface area contributed by atoms with Crippen LogP contribution in [0, 0.1) is 11.3 Å². The van der Waals surface area contributed by atoms with Gasteiger partial charge in [0, 0.05) is 6.92 Å². The van der Waals surface area contributed by atoms with E-state index in [2.05, 4.69) is 4.74 Å². The maximum atomic E-state index is 11.6. The molecular formula is C6H6F3NO2. The predicted octanol–water partition coefficient (Wildman–Crippen LogP) is 1.39. The number of nitrogens with zero attached hydrogens (tertiary/aromatic N) is 1. The molecule has 0 aromatic heterocycles. The lowest BCUT2D eigenvalue weighted by atomic mass is 10.3. The molecule has 0 aliphatic rings. The Kier molecular flexibility index (Phi) is 3.54. The van der Waals surface area contributed by atoms with Crippen LogP contribution in [0.15, 0.2) is 0 Å². The summed E-state index contributed by atoms with van der Waals surface area (Å²) in [7, 11) is 0. The molecule has 1 atom stereocenters. The molecule has 3 nitrogen and oxygen atoms in total. The lowest BCUT2D eigenvalue weighted by Gasteiger charge is -2.10. The Morgan fingerprint density at radius 3 is 2.42 bits per heavy atom. The van der Waals surface area contributed by atoms with Crippen LogP contribution in [0.3, 0.4) is 0 Å². The Morgan fingerprint density at radius 2 is 2.17 bits per heavy atom. The molecule has 0 aromatic carbocycles. The molecule has 0 amide bonds. The van der Waals surface area contributed by atoms with Gasteiger partial charge in [-0.1, -0.05) is 0 Å². The van der Waals surface area contributed by atoms with Crippen LogP contribution in [0.5, 0.6) is 0 Å². The van der Waals surface area contributed by atoms with Crippen molar-refractivity contribution in [2.75, 3.05) is 0 Å². The summed E-state index contributed by atoms with van der Waals surface area (Å²) >= 11 is 0. The summed E-state index contributed by atoms with van der Waals surface area (Å²) in [5.41, 5.74) is 0. The highest BCUT2D eigenvalue weighted by Gasteiger charge is 2.33. The number of carbonyl (C=O) groups excluding carboxylic acids is 1. The average Bonchev–Trinajstić information content (AvgIpc) is 1.82. The molecule has 6 heteroatoms. The van der Waals surface area contributed by atoms with E-state index in [-0.39, 0.29) is 0 Å². The maximum absolute atomic E-state index is 11.6. The third-order valence-corrected chi connectivity index (χ3v) is 0.869. The van der Waals surface area contributed by atoms with Gasteiger partial charge < -0.3 is 4.74 Å². The van der Waals surface area contributed by atoms with Gasteiger partial charge >= 0.3 is 12.1 Å². The van der Waals surface area contributed by atoms with E-state index in [9.17, 15) is 18.0 Å². The Bertz CT molecular complexity index is 206. The summed E-state index contributed by atoms with van der Waals surface area (Å²) in [6.45, 7) is 0.945. The molecule has 68 valence electrons. The number of halogens is 3. The number of nitriles is 1. The van der Waals surface area contributed by atoms with Crippen molar-refractivity contribution in [3.63, 3.8) is 0 Å². The second kappa shape index (κ2) is 3.95. The van der Waals surface area contributed by atoms with Gasteiger partial charge in [-0.05, 0) is 0 Å². The van der Waals surface area contributed by atoms with E-state index < -0.39 is 24.7 Å². The first-order valence-electron chi connectivity index (χ1n) is 2.98. The first-order valence-corrected chi connectivity index (χ1v) is 2.98. The van der Waals surface area contributed by atoms with Gasteiger partial charge in [0.1, 0.15) is 6.07 Å². The van der Waals surface area contributed by atoms with Crippen LogP contribution in [0.25, 0.3) is 0 Å². The van der Waals surface area contributed by atoms with Crippen molar-refractivity contribution in [1.29, 1.82) is 5.26 Å². The highest BCUT2D eigenvalue weighted by Crippen LogP contribution is 2.22. The SMILES string of the molecule is CC(=O)O[C@@H](C#N)CC(F)(F)F. The van der Waals surface area contributed by atoms with Crippen molar-refractivity contribution < 1.29 is 22.7 Å². The van der Waals surface area contributed by atoms with Crippen molar-refractivity contribution in [1.82, 2.24) is 0 Å². The summed E-state index contributed by atoms with van der Waals surface area (Å²) in [6.07, 6.45) is -7.65. The van der Waals surface area contributed by atoms with Crippen LogP contribution >= 0.6 is 0 Å². The number of hydrogen-bond donors (Lipinski definition) is 0. The third kappa shape index (κ3) is 5.53. The third-order valence-electron chi connectivity index (χ3n) is 0.869. The molecule has 0 aliphatic carbocycles. The van der Waals surface area contributed by atoms with E-state index in [1.165, 1.54) is 6.07 Å². The summed E-state index contributed by atoms with van der Waals surface area (Å²) < 4.78 is 38.9. The molecule has 0 rings (SSSR count). The highest BCUT2D eigenvalue weighted by molar-refractivity contribution is 5.66. The fourth-order valence-electron chi connectivity index (χ4n) is 0.524. The molecule has 0 bridgehead atoms. The highest BCUT2D eigenvalue weighted by atomic mass is 19.4. The quantitative estimate of drug-likeness (QED) is 0.605. The van der Waals surface area contributed by atoms with Crippen LogP contribution in [0.1, 0.15) is 13.3 Å². The average molecular weight is 181 g/mol. The van der Waals surface area contributed by atoms with Crippen LogP contribution in [-0.4, -0.2) is 18.2 Å². The zero-order chi connectivity index (χ0) is 9.78. The molecule has 0 unspecified atom stereocenters. The van der Waals surface area contributed by atoms with Gasteiger partial charge in [-0.3, -0.25) is 4.79 Å². The summed E-state index contributed by atoms with van der Waals surface area (Å²) in [6, 6.07) is 1.23. The number of rotatable bonds is 2. The fourth-order valence-corrected chi connectivity index (χ4v) is 0.524. The maximum Gasteiger partial charge on any atom is 0.393 e. The van der Waals surface area contributed by atoms with Gasteiger partial charge in [0.25, 0.3) is 0 Å². The minimum Gasteiger partial charge on any atom is -0.447 e. The molecule has 0 saturated heterocycles. The first-order chi connectivity index (χ1) is 5.35. The van der Waals surface area contributed by atoms with E-state index in [1.54, 1.807) is 0 Å². The lowest BCUT2D eigenvalue weighted by Crippen LogP contribution is -2.22. The van der Waals surface area contributed by atoms with Gasteiger partial charge in [-0.25, -0.2) is 0 Å². The standard InChI is InChI=1S/C6H6F3NO2/c1-4(11)12-5(3-10)2-6(7,8)9/h5H,2H2,1H3/t5-/m1/s1. The van der Waals surface area contributed by atoms with E-state index in [4.69, 9.17) is 5.26 Å². The second-order valence-electron chi connectivity index (χ2n) is 2.05.